The molecule has 1 aromatic carbocycles. The highest BCUT2D eigenvalue weighted by molar-refractivity contribution is 5.77. The van der Waals surface area contributed by atoms with Gasteiger partial charge in [-0.15, -0.1) is 0 Å². The zero-order valence-corrected chi connectivity index (χ0v) is 13.2. The van der Waals surface area contributed by atoms with Gasteiger partial charge in [0.05, 0.1) is 19.6 Å². The first-order valence-corrected chi connectivity index (χ1v) is 7.23. The number of nitrogens with one attached hydrogen (secondary N) is 1. The second-order valence-electron chi connectivity index (χ2n) is 5.11. The molecule has 0 aliphatic rings. The summed E-state index contributed by atoms with van der Waals surface area (Å²) in [4.78, 5) is 22.5. The fourth-order valence-electron chi connectivity index (χ4n) is 1.76. The third-order valence-corrected chi connectivity index (χ3v) is 3.40. The largest absolute Gasteiger partial charge is 0.497 e. The van der Waals surface area contributed by atoms with Gasteiger partial charge in [-0.2, -0.15) is 0 Å². The molecular formula is C16H23NO5. The average Bonchev–Trinajstić information content (AvgIpc) is 2.51. The number of amides is 1. The van der Waals surface area contributed by atoms with Crippen LogP contribution in [0.1, 0.15) is 26.7 Å². The van der Waals surface area contributed by atoms with E-state index < -0.39 is 17.9 Å². The highest BCUT2D eigenvalue weighted by atomic mass is 16.5. The van der Waals surface area contributed by atoms with Crippen LogP contribution in [0.2, 0.25) is 0 Å². The Labute approximate surface area is 130 Å². The molecule has 2 unspecified atom stereocenters. The Morgan fingerprint density at radius 2 is 1.77 bits per heavy atom. The second kappa shape index (κ2) is 8.92. The van der Waals surface area contributed by atoms with Gasteiger partial charge < -0.3 is 19.9 Å². The zero-order valence-electron chi connectivity index (χ0n) is 13.2. The maximum absolute atomic E-state index is 11.7. The number of methoxy groups -OCH3 is 1. The van der Waals surface area contributed by atoms with Crippen LogP contribution in [0, 0.1) is 5.92 Å². The van der Waals surface area contributed by atoms with Crippen molar-refractivity contribution in [3.8, 4) is 11.5 Å². The van der Waals surface area contributed by atoms with E-state index in [4.69, 9.17) is 14.6 Å². The molecule has 0 saturated carbocycles. The standard InChI is InChI=1S/C16H23NO5/c1-11(16(19)20)12(2)17-15(18)5-4-10-22-14-8-6-13(21-3)7-9-14/h6-9,11-12H,4-5,10H2,1-3H3,(H,17,18)(H,19,20). The van der Waals surface area contributed by atoms with Crippen molar-refractivity contribution in [2.75, 3.05) is 13.7 Å². The number of carbonyl (C=O) groups excluding carboxylic acids is 1. The monoisotopic (exact) mass is 309 g/mol. The molecule has 0 fully saturated rings. The van der Waals surface area contributed by atoms with Gasteiger partial charge >= 0.3 is 5.97 Å². The fraction of sp³-hybridized carbons (Fsp3) is 0.500. The van der Waals surface area contributed by atoms with Crippen LogP contribution < -0.4 is 14.8 Å². The third kappa shape index (κ3) is 6.03. The van der Waals surface area contributed by atoms with Crippen LogP contribution >= 0.6 is 0 Å². The quantitative estimate of drug-likeness (QED) is 0.682. The van der Waals surface area contributed by atoms with Crippen LogP contribution in [-0.2, 0) is 9.59 Å². The number of carboxylic acids is 1. The SMILES string of the molecule is COc1ccc(OCCCC(=O)NC(C)C(C)C(=O)O)cc1. The number of hydrogen-bond acceptors (Lipinski definition) is 4. The lowest BCUT2D eigenvalue weighted by Gasteiger charge is -2.17. The molecule has 1 aromatic rings. The van der Waals surface area contributed by atoms with Crippen LogP contribution in [-0.4, -0.2) is 36.7 Å². The third-order valence-electron chi connectivity index (χ3n) is 3.40. The first-order chi connectivity index (χ1) is 10.4. The molecule has 0 aliphatic heterocycles. The van der Waals surface area contributed by atoms with Gasteiger partial charge in [-0.3, -0.25) is 9.59 Å². The Kier molecular flexibility index (Phi) is 7.22. The molecule has 122 valence electrons. The van der Waals surface area contributed by atoms with E-state index in [1.165, 1.54) is 0 Å². The van der Waals surface area contributed by atoms with Crippen LogP contribution in [0.15, 0.2) is 24.3 Å². The Bertz CT molecular complexity index is 486. The molecule has 22 heavy (non-hydrogen) atoms. The summed E-state index contributed by atoms with van der Waals surface area (Å²) in [6.07, 6.45) is 0.860. The topological polar surface area (TPSA) is 84.9 Å². The summed E-state index contributed by atoms with van der Waals surface area (Å²) in [5.41, 5.74) is 0. The first-order valence-electron chi connectivity index (χ1n) is 7.23. The van der Waals surface area contributed by atoms with Crippen LogP contribution in [0.25, 0.3) is 0 Å². The molecule has 1 rings (SSSR count). The van der Waals surface area contributed by atoms with Crippen molar-refractivity contribution >= 4 is 11.9 Å². The molecule has 0 aromatic heterocycles. The smallest absolute Gasteiger partial charge is 0.308 e. The van der Waals surface area contributed by atoms with E-state index in [2.05, 4.69) is 5.32 Å². The summed E-state index contributed by atoms with van der Waals surface area (Å²) >= 11 is 0. The van der Waals surface area contributed by atoms with Crippen LogP contribution in [0.5, 0.6) is 11.5 Å². The highest BCUT2D eigenvalue weighted by Gasteiger charge is 2.20. The van der Waals surface area contributed by atoms with Gasteiger partial charge in [0.15, 0.2) is 0 Å². The van der Waals surface area contributed by atoms with Crippen molar-refractivity contribution in [3.63, 3.8) is 0 Å². The van der Waals surface area contributed by atoms with E-state index in [-0.39, 0.29) is 5.91 Å². The maximum Gasteiger partial charge on any atom is 0.308 e. The molecule has 0 heterocycles. The van der Waals surface area contributed by atoms with Gasteiger partial charge in [0.1, 0.15) is 11.5 Å². The number of rotatable bonds is 9. The molecule has 0 radical (unpaired) electrons. The Morgan fingerprint density at radius 3 is 2.32 bits per heavy atom. The molecule has 6 nitrogen and oxygen atoms in total. The van der Waals surface area contributed by atoms with Gasteiger partial charge in [0.2, 0.25) is 5.91 Å². The maximum atomic E-state index is 11.7. The van der Waals surface area contributed by atoms with Gasteiger partial charge in [-0.25, -0.2) is 0 Å². The Balaban J connectivity index is 2.23. The number of ether oxygens (including phenoxy) is 2. The summed E-state index contributed by atoms with van der Waals surface area (Å²) in [7, 11) is 1.60. The summed E-state index contributed by atoms with van der Waals surface area (Å²) in [6, 6.07) is 6.81. The average molecular weight is 309 g/mol. The molecule has 1 amide bonds. The first kappa shape index (κ1) is 17.8. The lowest BCUT2D eigenvalue weighted by atomic mass is 10.0. The minimum atomic E-state index is -0.921. The summed E-state index contributed by atoms with van der Waals surface area (Å²) in [6.45, 7) is 3.67. The number of benzene rings is 1. The van der Waals surface area contributed by atoms with Gasteiger partial charge in [-0.1, -0.05) is 0 Å². The van der Waals surface area contributed by atoms with Crippen molar-refractivity contribution in [1.29, 1.82) is 0 Å². The van der Waals surface area contributed by atoms with E-state index in [9.17, 15) is 9.59 Å². The lowest BCUT2D eigenvalue weighted by Crippen LogP contribution is -2.40. The number of carboxylic acid groups (broad SMARTS) is 1. The van der Waals surface area contributed by atoms with E-state index in [0.717, 1.165) is 5.75 Å². The van der Waals surface area contributed by atoms with Crippen molar-refractivity contribution < 1.29 is 24.2 Å². The molecule has 0 saturated heterocycles. The van der Waals surface area contributed by atoms with Crippen molar-refractivity contribution in [1.82, 2.24) is 5.32 Å². The predicted octanol–water partition coefficient (Wildman–Crippen LogP) is 2.08. The van der Waals surface area contributed by atoms with Crippen LogP contribution in [0.4, 0.5) is 0 Å². The minimum Gasteiger partial charge on any atom is -0.497 e. The number of aliphatic carboxylic acids is 1. The van der Waals surface area contributed by atoms with E-state index in [1.54, 1.807) is 45.2 Å². The molecule has 0 spiro atoms. The van der Waals surface area contributed by atoms with Crippen molar-refractivity contribution in [3.05, 3.63) is 24.3 Å². The van der Waals surface area contributed by atoms with Gasteiger partial charge in [0, 0.05) is 12.5 Å². The Morgan fingerprint density at radius 1 is 1.18 bits per heavy atom. The summed E-state index contributed by atoms with van der Waals surface area (Å²) in [5, 5.41) is 11.5. The van der Waals surface area contributed by atoms with Crippen molar-refractivity contribution in [2.45, 2.75) is 32.7 Å². The normalized spacial score (nSPS) is 13.0. The molecule has 6 heteroatoms. The Hall–Kier alpha value is -2.24. The van der Waals surface area contributed by atoms with Crippen LogP contribution in [0.3, 0.4) is 0 Å². The lowest BCUT2D eigenvalue weighted by molar-refractivity contribution is -0.142. The van der Waals surface area contributed by atoms with E-state index in [0.29, 0.717) is 25.2 Å². The molecule has 2 N–H and O–H groups in total. The number of carbonyl (C=O) groups is 2. The summed E-state index contributed by atoms with van der Waals surface area (Å²) < 4.78 is 10.6. The van der Waals surface area contributed by atoms with Gasteiger partial charge in [-0.05, 0) is 44.5 Å². The molecule has 0 bridgehead atoms. The summed E-state index contributed by atoms with van der Waals surface area (Å²) in [5.74, 6) is -0.226. The minimum absolute atomic E-state index is 0.168. The number of hydrogen-bond donors (Lipinski definition) is 2. The molecule has 0 aliphatic carbocycles. The zero-order chi connectivity index (χ0) is 16.5. The highest BCUT2D eigenvalue weighted by Crippen LogP contribution is 2.17. The fourth-order valence-corrected chi connectivity index (χ4v) is 1.76. The van der Waals surface area contributed by atoms with Crippen molar-refractivity contribution in [2.24, 2.45) is 5.92 Å². The molecule has 2 atom stereocenters. The predicted molar refractivity (Wildman–Crippen MR) is 82.1 cm³/mol. The second-order valence-corrected chi connectivity index (χ2v) is 5.11. The molecular weight excluding hydrogens is 286 g/mol. The van der Waals surface area contributed by atoms with E-state index >= 15 is 0 Å². The van der Waals surface area contributed by atoms with Gasteiger partial charge in [0.25, 0.3) is 0 Å². The van der Waals surface area contributed by atoms with E-state index in [1.807, 2.05) is 0 Å².